The Labute approximate surface area is 92.9 Å². The van der Waals surface area contributed by atoms with Crippen molar-refractivity contribution in [2.24, 2.45) is 5.73 Å². The van der Waals surface area contributed by atoms with Crippen LogP contribution in [0.25, 0.3) is 21.7 Å². The zero-order valence-electron chi connectivity index (χ0n) is 8.81. The molecule has 0 saturated carbocycles. The van der Waals surface area contributed by atoms with Gasteiger partial charge in [0, 0.05) is 29.1 Å². The highest BCUT2D eigenvalue weighted by Crippen LogP contribution is 2.25. The predicted molar refractivity (Wildman–Crippen MR) is 64.3 cm³/mol. The van der Waals surface area contributed by atoms with Gasteiger partial charge in [-0.1, -0.05) is 0 Å². The molecule has 80 valence electrons. The zero-order chi connectivity index (χ0) is 11.0. The van der Waals surface area contributed by atoms with Gasteiger partial charge >= 0.3 is 0 Å². The lowest BCUT2D eigenvalue weighted by molar-refractivity contribution is 0.616. The number of hydrogen-bond donors (Lipinski definition) is 1. The van der Waals surface area contributed by atoms with E-state index in [0.717, 1.165) is 28.5 Å². The Bertz CT molecular complexity index is 643. The first-order chi connectivity index (χ1) is 7.88. The molecular weight excluding hydrogens is 200 g/mol. The van der Waals surface area contributed by atoms with Gasteiger partial charge < -0.3 is 10.2 Å². The molecule has 2 heterocycles. The van der Waals surface area contributed by atoms with Gasteiger partial charge in [-0.05, 0) is 36.2 Å². The summed E-state index contributed by atoms with van der Waals surface area (Å²) < 4.78 is 5.38. The molecule has 3 heteroatoms. The molecule has 3 nitrogen and oxygen atoms in total. The quantitative estimate of drug-likeness (QED) is 0.710. The van der Waals surface area contributed by atoms with E-state index in [4.69, 9.17) is 10.2 Å². The van der Waals surface area contributed by atoms with Crippen LogP contribution in [0.5, 0.6) is 0 Å². The molecule has 16 heavy (non-hydrogen) atoms. The topological polar surface area (TPSA) is 52.0 Å². The molecule has 0 aliphatic carbocycles. The van der Waals surface area contributed by atoms with Gasteiger partial charge in [-0.3, -0.25) is 4.98 Å². The molecule has 2 N–H and O–H groups in total. The summed E-state index contributed by atoms with van der Waals surface area (Å²) in [5.74, 6) is 0. The highest BCUT2D eigenvalue weighted by molar-refractivity contribution is 5.96. The Morgan fingerprint density at radius 3 is 3.00 bits per heavy atom. The van der Waals surface area contributed by atoms with E-state index in [1.54, 1.807) is 6.26 Å². The van der Waals surface area contributed by atoms with Crippen molar-refractivity contribution in [3.05, 3.63) is 42.4 Å². The van der Waals surface area contributed by atoms with Gasteiger partial charge in [0.1, 0.15) is 5.58 Å². The fraction of sp³-hybridized carbons (Fsp3) is 0.154. The Morgan fingerprint density at radius 2 is 2.12 bits per heavy atom. The molecule has 3 rings (SSSR count). The second-order valence-electron chi connectivity index (χ2n) is 3.83. The molecule has 0 aliphatic rings. The van der Waals surface area contributed by atoms with Crippen molar-refractivity contribution in [2.45, 2.75) is 6.42 Å². The smallest absolute Gasteiger partial charge is 0.134 e. The number of aromatic nitrogens is 1. The van der Waals surface area contributed by atoms with Crippen LogP contribution in [-0.2, 0) is 6.42 Å². The lowest BCUT2D eigenvalue weighted by atomic mass is 10.1. The molecule has 0 bridgehead atoms. The Balaban J connectivity index is 2.35. The van der Waals surface area contributed by atoms with Crippen LogP contribution in [0.15, 0.2) is 41.1 Å². The summed E-state index contributed by atoms with van der Waals surface area (Å²) in [4.78, 5) is 4.38. The van der Waals surface area contributed by atoms with Crippen molar-refractivity contribution in [3.8, 4) is 0 Å². The third-order valence-electron chi connectivity index (χ3n) is 2.80. The zero-order valence-corrected chi connectivity index (χ0v) is 8.81. The van der Waals surface area contributed by atoms with Gasteiger partial charge in [0.05, 0.1) is 6.26 Å². The second-order valence-corrected chi connectivity index (χ2v) is 3.83. The van der Waals surface area contributed by atoms with Crippen LogP contribution in [0.3, 0.4) is 0 Å². The average Bonchev–Trinajstić information content (AvgIpc) is 2.74. The third-order valence-corrected chi connectivity index (χ3v) is 2.80. The third kappa shape index (κ3) is 1.37. The van der Waals surface area contributed by atoms with Crippen LogP contribution < -0.4 is 5.73 Å². The molecule has 0 unspecified atom stereocenters. The predicted octanol–water partition coefficient (Wildman–Crippen LogP) is 2.48. The Hall–Kier alpha value is -1.87. The maximum absolute atomic E-state index is 5.59. The molecule has 0 radical (unpaired) electrons. The van der Waals surface area contributed by atoms with Crippen LogP contribution in [0.2, 0.25) is 0 Å². The second kappa shape index (κ2) is 3.61. The molecule has 0 aliphatic heterocycles. The molecule has 0 amide bonds. The number of nitrogens with zero attached hydrogens (tertiary/aromatic N) is 1. The lowest BCUT2D eigenvalue weighted by Crippen LogP contribution is -2.04. The van der Waals surface area contributed by atoms with Crippen molar-refractivity contribution in [1.82, 2.24) is 4.98 Å². The van der Waals surface area contributed by atoms with Gasteiger partial charge in [0.15, 0.2) is 0 Å². The lowest BCUT2D eigenvalue weighted by Gasteiger charge is -2.04. The van der Waals surface area contributed by atoms with Crippen molar-refractivity contribution < 1.29 is 4.42 Å². The van der Waals surface area contributed by atoms with Crippen LogP contribution in [0.4, 0.5) is 0 Å². The van der Waals surface area contributed by atoms with Crippen LogP contribution in [-0.4, -0.2) is 11.5 Å². The maximum atomic E-state index is 5.59. The summed E-state index contributed by atoms with van der Waals surface area (Å²) in [5, 5.41) is 3.43. The summed E-state index contributed by atoms with van der Waals surface area (Å²) >= 11 is 0. The first-order valence-electron chi connectivity index (χ1n) is 5.33. The van der Waals surface area contributed by atoms with E-state index in [1.165, 1.54) is 5.39 Å². The standard InChI is InChI=1S/C13H12N2O/c14-4-1-12-11-7-10-3-6-16-13(10)8-9(11)2-5-15-12/h2-3,5-8H,1,4,14H2. The van der Waals surface area contributed by atoms with Crippen molar-refractivity contribution in [1.29, 1.82) is 0 Å². The number of benzene rings is 1. The fourth-order valence-electron chi connectivity index (χ4n) is 2.03. The summed E-state index contributed by atoms with van der Waals surface area (Å²) in [6, 6.07) is 8.13. The summed E-state index contributed by atoms with van der Waals surface area (Å²) in [6.07, 6.45) is 4.34. The first kappa shape index (κ1) is 9.36. The number of fused-ring (bicyclic) bond motifs is 2. The van der Waals surface area contributed by atoms with Gasteiger partial charge in [-0.15, -0.1) is 0 Å². The Kier molecular flexibility index (Phi) is 2.11. The molecule has 2 aromatic heterocycles. The molecule has 0 spiro atoms. The van der Waals surface area contributed by atoms with Gasteiger partial charge in [-0.25, -0.2) is 0 Å². The fourth-order valence-corrected chi connectivity index (χ4v) is 2.03. The van der Waals surface area contributed by atoms with Gasteiger partial charge in [0.25, 0.3) is 0 Å². The molecule has 1 aromatic carbocycles. The van der Waals surface area contributed by atoms with Crippen molar-refractivity contribution in [2.75, 3.05) is 6.54 Å². The maximum Gasteiger partial charge on any atom is 0.134 e. The van der Waals surface area contributed by atoms with Crippen molar-refractivity contribution in [3.63, 3.8) is 0 Å². The molecule has 0 saturated heterocycles. The molecule has 0 fully saturated rings. The molecular formula is C13H12N2O. The Morgan fingerprint density at radius 1 is 1.19 bits per heavy atom. The number of rotatable bonds is 2. The van der Waals surface area contributed by atoms with Crippen molar-refractivity contribution >= 4 is 21.7 Å². The first-order valence-corrected chi connectivity index (χ1v) is 5.33. The van der Waals surface area contributed by atoms with Crippen LogP contribution in [0, 0.1) is 0 Å². The van der Waals surface area contributed by atoms with E-state index in [0.29, 0.717) is 6.54 Å². The monoisotopic (exact) mass is 212 g/mol. The van der Waals surface area contributed by atoms with E-state index >= 15 is 0 Å². The SMILES string of the molecule is NCCc1nccc2cc3occc3cc12. The number of hydrogen-bond acceptors (Lipinski definition) is 3. The minimum absolute atomic E-state index is 0.621. The number of furan rings is 1. The van der Waals surface area contributed by atoms with Crippen LogP contribution >= 0.6 is 0 Å². The van der Waals surface area contributed by atoms with E-state index in [-0.39, 0.29) is 0 Å². The minimum Gasteiger partial charge on any atom is -0.464 e. The summed E-state index contributed by atoms with van der Waals surface area (Å²) in [6.45, 7) is 0.621. The molecule has 0 atom stereocenters. The average molecular weight is 212 g/mol. The number of pyridine rings is 1. The van der Waals surface area contributed by atoms with Gasteiger partial charge in [0.2, 0.25) is 0 Å². The highest BCUT2D eigenvalue weighted by Gasteiger charge is 2.05. The van der Waals surface area contributed by atoms with Crippen LogP contribution in [0.1, 0.15) is 5.69 Å². The van der Waals surface area contributed by atoms with Gasteiger partial charge in [-0.2, -0.15) is 0 Å². The van der Waals surface area contributed by atoms with E-state index < -0.39 is 0 Å². The summed E-state index contributed by atoms with van der Waals surface area (Å²) in [7, 11) is 0. The largest absolute Gasteiger partial charge is 0.464 e. The summed E-state index contributed by atoms with van der Waals surface area (Å²) in [5.41, 5.74) is 7.56. The van der Waals surface area contributed by atoms with E-state index in [1.807, 2.05) is 24.4 Å². The normalized spacial score (nSPS) is 11.3. The highest BCUT2D eigenvalue weighted by atomic mass is 16.3. The van der Waals surface area contributed by atoms with E-state index in [9.17, 15) is 0 Å². The number of nitrogens with two attached hydrogens (primary N) is 1. The minimum atomic E-state index is 0.621. The van der Waals surface area contributed by atoms with E-state index in [2.05, 4.69) is 11.1 Å². The molecule has 3 aromatic rings.